The second-order valence-electron chi connectivity index (χ2n) is 7.23. The standard InChI is InChI=1S/C21H24FNO4S/c1-15-5-12-19(13-6-15)28(26,27)23-18(3-2-4-21(24)25)11-14-20(23)16-7-9-17(22)10-8-16/h5-10,12-13,18,20H,2-4,11,14H2,1H3,(H,24,25). The van der Waals surface area contributed by atoms with Gasteiger partial charge in [0.1, 0.15) is 5.82 Å². The normalized spacial score (nSPS) is 20.4. The van der Waals surface area contributed by atoms with Crippen LogP contribution in [0.1, 0.15) is 49.3 Å². The molecule has 0 amide bonds. The molecule has 1 N–H and O–H groups in total. The van der Waals surface area contributed by atoms with E-state index in [1.807, 2.05) is 6.92 Å². The van der Waals surface area contributed by atoms with E-state index >= 15 is 0 Å². The van der Waals surface area contributed by atoms with E-state index in [9.17, 15) is 17.6 Å². The number of benzene rings is 2. The van der Waals surface area contributed by atoms with Gasteiger partial charge in [-0.15, -0.1) is 0 Å². The average molecular weight is 405 g/mol. The molecule has 0 saturated carbocycles. The molecule has 28 heavy (non-hydrogen) atoms. The first-order valence-corrected chi connectivity index (χ1v) is 10.8. The fourth-order valence-corrected chi connectivity index (χ4v) is 5.70. The van der Waals surface area contributed by atoms with Crippen LogP contribution in [0.5, 0.6) is 0 Å². The van der Waals surface area contributed by atoms with E-state index in [1.54, 1.807) is 36.4 Å². The van der Waals surface area contributed by atoms with Gasteiger partial charge >= 0.3 is 5.97 Å². The van der Waals surface area contributed by atoms with E-state index in [0.29, 0.717) is 25.7 Å². The molecule has 0 spiro atoms. The zero-order chi connectivity index (χ0) is 20.3. The molecule has 7 heteroatoms. The minimum atomic E-state index is -3.77. The molecule has 0 bridgehead atoms. The third-order valence-corrected chi connectivity index (χ3v) is 7.20. The van der Waals surface area contributed by atoms with Gasteiger partial charge in [0, 0.05) is 12.5 Å². The van der Waals surface area contributed by atoms with Gasteiger partial charge < -0.3 is 5.11 Å². The fraction of sp³-hybridized carbons (Fsp3) is 0.381. The Hall–Kier alpha value is -2.25. The monoisotopic (exact) mass is 405 g/mol. The van der Waals surface area contributed by atoms with Crippen molar-refractivity contribution in [2.75, 3.05) is 0 Å². The number of aryl methyl sites for hydroxylation is 1. The summed E-state index contributed by atoms with van der Waals surface area (Å²) in [5.74, 6) is -1.26. The van der Waals surface area contributed by atoms with E-state index in [1.165, 1.54) is 16.4 Å². The Bertz CT molecular complexity index is 926. The molecule has 3 rings (SSSR count). The first-order valence-electron chi connectivity index (χ1n) is 9.36. The maximum atomic E-state index is 13.4. The van der Waals surface area contributed by atoms with E-state index < -0.39 is 16.0 Å². The highest BCUT2D eigenvalue weighted by atomic mass is 32.2. The molecule has 2 atom stereocenters. The van der Waals surface area contributed by atoms with Gasteiger partial charge in [-0.1, -0.05) is 29.8 Å². The van der Waals surface area contributed by atoms with Crippen LogP contribution < -0.4 is 0 Å². The molecule has 5 nitrogen and oxygen atoms in total. The van der Waals surface area contributed by atoms with Gasteiger partial charge in [-0.05, 0) is 62.4 Å². The summed E-state index contributed by atoms with van der Waals surface area (Å²) in [6, 6.07) is 12.0. The summed E-state index contributed by atoms with van der Waals surface area (Å²) in [5.41, 5.74) is 1.71. The molecular weight excluding hydrogens is 381 g/mol. The van der Waals surface area contributed by atoms with Crippen molar-refractivity contribution in [1.82, 2.24) is 4.31 Å². The van der Waals surface area contributed by atoms with Gasteiger partial charge in [0.2, 0.25) is 10.0 Å². The van der Waals surface area contributed by atoms with Crippen LogP contribution in [0.2, 0.25) is 0 Å². The Morgan fingerprint density at radius 2 is 1.75 bits per heavy atom. The number of carboxylic acid groups (broad SMARTS) is 1. The predicted octanol–water partition coefficient (Wildman–Crippen LogP) is 4.28. The Kier molecular flexibility index (Phi) is 6.15. The predicted molar refractivity (Wildman–Crippen MR) is 104 cm³/mol. The Labute approximate surface area is 164 Å². The van der Waals surface area contributed by atoms with Crippen LogP contribution in [0.4, 0.5) is 4.39 Å². The number of nitrogens with zero attached hydrogens (tertiary/aromatic N) is 1. The number of hydrogen-bond acceptors (Lipinski definition) is 3. The Morgan fingerprint density at radius 1 is 1.11 bits per heavy atom. The quantitative estimate of drug-likeness (QED) is 0.746. The van der Waals surface area contributed by atoms with Gasteiger partial charge in [-0.25, -0.2) is 12.8 Å². The summed E-state index contributed by atoms with van der Waals surface area (Å²) in [6.07, 6.45) is 2.17. The summed E-state index contributed by atoms with van der Waals surface area (Å²) in [5, 5.41) is 8.91. The lowest BCUT2D eigenvalue weighted by molar-refractivity contribution is -0.137. The molecule has 2 aromatic carbocycles. The van der Waals surface area contributed by atoms with Crippen molar-refractivity contribution in [2.45, 2.75) is 56.0 Å². The molecule has 2 unspecified atom stereocenters. The Morgan fingerprint density at radius 3 is 2.36 bits per heavy atom. The molecule has 1 fully saturated rings. The smallest absolute Gasteiger partial charge is 0.303 e. The van der Waals surface area contributed by atoms with Crippen LogP contribution >= 0.6 is 0 Å². The van der Waals surface area contributed by atoms with Gasteiger partial charge in [0.25, 0.3) is 0 Å². The molecular formula is C21H24FNO4S. The van der Waals surface area contributed by atoms with Gasteiger partial charge in [0.15, 0.2) is 0 Å². The fourth-order valence-electron chi connectivity index (χ4n) is 3.81. The lowest BCUT2D eigenvalue weighted by Gasteiger charge is -2.30. The number of hydrogen-bond donors (Lipinski definition) is 1. The third-order valence-electron chi connectivity index (χ3n) is 5.22. The first kappa shape index (κ1) is 20.5. The van der Waals surface area contributed by atoms with Crippen LogP contribution in [0, 0.1) is 12.7 Å². The number of aliphatic carboxylic acids is 1. The zero-order valence-electron chi connectivity index (χ0n) is 15.7. The molecule has 0 radical (unpaired) electrons. The number of rotatable bonds is 7. The van der Waals surface area contributed by atoms with Gasteiger partial charge in [-0.2, -0.15) is 4.31 Å². The van der Waals surface area contributed by atoms with Crippen LogP contribution in [0.3, 0.4) is 0 Å². The van der Waals surface area contributed by atoms with E-state index in [-0.39, 0.29) is 29.2 Å². The molecule has 0 aromatic heterocycles. The molecule has 1 heterocycles. The summed E-state index contributed by atoms with van der Waals surface area (Å²) in [6.45, 7) is 1.89. The van der Waals surface area contributed by atoms with Crippen molar-refractivity contribution in [1.29, 1.82) is 0 Å². The first-order chi connectivity index (χ1) is 13.3. The second-order valence-corrected chi connectivity index (χ2v) is 9.08. The highest BCUT2D eigenvalue weighted by molar-refractivity contribution is 7.89. The molecule has 1 aliphatic rings. The van der Waals surface area contributed by atoms with E-state index in [4.69, 9.17) is 5.11 Å². The van der Waals surface area contributed by atoms with Crippen LogP contribution in [0.15, 0.2) is 53.4 Å². The Balaban J connectivity index is 1.95. The minimum Gasteiger partial charge on any atom is -0.481 e. The highest BCUT2D eigenvalue weighted by Gasteiger charge is 2.42. The topological polar surface area (TPSA) is 74.7 Å². The molecule has 2 aromatic rings. The van der Waals surface area contributed by atoms with Crippen LogP contribution in [-0.4, -0.2) is 29.8 Å². The summed E-state index contributed by atoms with van der Waals surface area (Å²) in [7, 11) is -3.77. The molecule has 150 valence electrons. The maximum absolute atomic E-state index is 13.4. The van der Waals surface area contributed by atoms with Gasteiger partial charge in [0.05, 0.1) is 10.9 Å². The highest BCUT2D eigenvalue weighted by Crippen LogP contribution is 2.42. The maximum Gasteiger partial charge on any atom is 0.303 e. The van der Waals surface area contributed by atoms with Crippen molar-refractivity contribution in [3.8, 4) is 0 Å². The lowest BCUT2D eigenvalue weighted by Crippen LogP contribution is -2.37. The summed E-state index contributed by atoms with van der Waals surface area (Å²) < 4.78 is 41.7. The third kappa shape index (κ3) is 4.42. The van der Waals surface area contributed by atoms with E-state index in [2.05, 4.69) is 0 Å². The average Bonchev–Trinajstić information content (AvgIpc) is 3.07. The number of carbonyl (C=O) groups is 1. The number of halogens is 1. The van der Waals surface area contributed by atoms with Crippen molar-refractivity contribution >= 4 is 16.0 Å². The second kappa shape index (κ2) is 8.41. The van der Waals surface area contributed by atoms with Gasteiger partial charge in [-0.3, -0.25) is 4.79 Å². The molecule has 1 aliphatic heterocycles. The largest absolute Gasteiger partial charge is 0.481 e. The number of carboxylic acids is 1. The summed E-state index contributed by atoms with van der Waals surface area (Å²) in [4.78, 5) is 11.1. The van der Waals surface area contributed by atoms with Crippen molar-refractivity contribution in [2.24, 2.45) is 0 Å². The minimum absolute atomic E-state index is 0.0101. The zero-order valence-corrected chi connectivity index (χ0v) is 16.5. The van der Waals surface area contributed by atoms with Crippen LogP contribution in [0.25, 0.3) is 0 Å². The number of sulfonamides is 1. The van der Waals surface area contributed by atoms with Crippen LogP contribution in [-0.2, 0) is 14.8 Å². The molecule has 1 saturated heterocycles. The summed E-state index contributed by atoms with van der Waals surface area (Å²) >= 11 is 0. The van der Waals surface area contributed by atoms with Crippen molar-refractivity contribution in [3.05, 3.63) is 65.5 Å². The lowest BCUT2D eigenvalue weighted by atomic mass is 10.0. The molecule has 0 aliphatic carbocycles. The van der Waals surface area contributed by atoms with E-state index in [0.717, 1.165) is 11.1 Å². The van der Waals surface area contributed by atoms with Crippen molar-refractivity contribution < 1.29 is 22.7 Å². The van der Waals surface area contributed by atoms with Crippen molar-refractivity contribution in [3.63, 3.8) is 0 Å². The SMILES string of the molecule is Cc1ccc(S(=O)(=O)N2C(CCCC(=O)O)CCC2c2ccc(F)cc2)cc1.